The Bertz CT molecular complexity index is 902. The number of carbonyl (C=O) groups excluding carboxylic acids is 2. The second kappa shape index (κ2) is 9.74. The minimum absolute atomic E-state index is 0.0617. The van der Waals surface area contributed by atoms with E-state index >= 15 is 0 Å². The summed E-state index contributed by atoms with van der Waals surface area (Å²) < 4.78 is 45.8. The van der Waals surface area contributed by atoms with Crippen LogP contribution in [0.1, 0.15) is 24.3 Å². The molecule has 1 aliphatic heterocycles. The predicted octanol–water partition coefficient (Wildman–Crippen LogP) is 1.67. The highest BCUT2D eigenvalue weighted by molar-refractivity contribution is 5.96. The first-order chi connectivity index (χ1) is 15.2. The molecule has 3 rings (SSSR count). The van der Waals surface area contributed by atoms with Gasteiger partial charge in [-0.15, -0.1) is 6.58 Å². The normalized spacial score (nSPS) is 24.0. The number of allylic oxidation sites excluding steroid dienone is 1. The molecule has 1 aromatic rings. The second-order valence-corrected chi connectivity index (χ2v) is 7.64. The van der Waals surface area contributed by atoms with E-state index in [0.29, 0.717) is 16.2 Å². The number of aliphatic hydroxyl groups is 2. The van der Waals surface area contributed by atoms with Gasteiger partial charge < -0.3 is 25.2 Å². The van der Waals surface area contributed by atoms with Gasteiger partial charge in [-0.05, 0) is 18.6 Å². The number of rotatable bonds is 8. The van der Waals surface area contributed by atoms with Gasteiger partial charge in [-0.25, -0.2) is 0 Å². The molecule has 3 N–H and O–H groups in total. The molecule has 1 heterocycles. The molecule has 0 saturated carbocycles. The van der Waals surface area contributed by atoms with Crippen LogP contribution in [0.3, 0.4) is 0 Å². The third-order valence-corrected chi connectivity index (χ3v) is 5.47. The van der Waals surface area contributed by atoms with Crippen molar-refractivity contribution < 1.29 is 37.7 Å². The number of hydrogen-bond acceptors (Lipinski definition) is 5. The minimum atomic E-state index is -4.72. The van der Waals surface area contributed by atoms with Crippen LogP contribution >= 0.6 is 0 Å². The van der Waals surface area contributed by atoms with Crippen LogP contribution in [0.5, 0.6) is 5.75 Å². The zero-order valence-corrected chi connectivity index (χ0v) is 17.2. The molecule has 0 radical (unpaired) electrons. The third-order valence-electron chi connectivity index (χ3n) is 5.47. The lowest BCUT2D eigenvalue weighted by atomic mass is 9.77. The van der Waals surface area contributed by atoms with Gasteiger partial charge in [0.25, 0.3) is 0 Å². The lowest BCUT2D eigenvalue weighted by molar-refractivity contribution is -0.170. The summed E-state index contributed by atoms with van der Waals surface area (Å²) in [6.45, 7) is 1.50. The Morgan fingerprint density at radius 3 is 2.66 bits per heavy atom. The highest BCUT2D eigenvalue weighted by atomic mass is 19.4. The summed E-state index contributed by atoms with van der Waals surface area (Å²) in [5, 5.41) is 22.5. The zero-order chi connectivity index (χ0) is 23.5. The molecule has 10 heteroatoms. The number of amides is 2. The number of halogens is 3. The standard InChI is InChI=1S/C22H25F3N2O5/c1-2-3-8-17(29)27(12-22(23,24)25)15-11-14(21(31)26-9-10-28)18-13-6-4-5-7-16(13)32-20(18)19(15)30/h2,4-7,11,15,18-20,28,30H,1,3,8-10,12H2,(H,26,31). The monoisotopic (exact) mass is 454 g/mol. The topological polar surface area (TPSA) is 99.1 Å². The molecule has 2 amide bonds. The smallest absolute Gasteiger partial charge is 0.406 e. The van der Waals surface area contributed by atoms with Gasteiger partial charge in [0.1, 0.15) is 24.5 Å². The highest BCUT2D eigenvalue weighted by Gasteiger charge is 2.51. The Morgan fingerprint density at radius 1 is 1.28 bits per heavy atom. The number of ether oxygens (including phenoxy) is 1. The second-order valence-electron chi connectivity index (χ2n) is 7.64. The highest BCUT2D eigenvalue weighted by Crippen LogP contribution is 2.47. The molecule has 0 fully saturated rings. The van der Waals surface area contributed by atoms with E-state index in [0.717, 1.165) is 0 Å². The maximum atomic E-state index is 13.3. The molecular formula is C22H25F3N2O5. The molecule has 32 heavy (non-hydrogen) atoms. The van der Waals surface area contributed by atoms with Gasteiger partial charge in [-0.3, -0.25) is 9.59 Å². The first-order valence-corrected chi connectivity index (χ1v) is 10.2. The van der Waals surface area contributed by atoms with Crippen LogP contribution in [0.25, 0.3) is 0 Å². The van der Waals surface area contributed by atoms with Gasteiger partial charge in [0.2, 0.25) is 11.8 Å². The summed E-state index contributed by atoms with van der Waals surface area (Å²) in [6, 6.07) is 5.34. The molecule has 7 nitrogen and oxygen atoms in total. The van der Waals surface area contributed by atoms with E-state index < -0.39 is 48.7 Å². The van der Waals surface area contributed by atoms with Crippen molar-refractivity contribution in [3.8, 4) is 5.75 Å². The quantitative estimate of drug-likeness (QED) is 0.519. The molecule has 1 aliphatic carbocycles. The number of hydrogen-bond donors (Lipinski definition) is 3. The number of aliphatic hydroxyl groups excluding tert-OH is 2. The number of nitrogens with zero attached hydrogens (tertiary/aromatic N) is 1. The fraction of sp³-hybridized carbons (Fsp3) is 0.455. The molecule has 0 spiro atoms. The van der Waals surface area contributed by atoms with Crippen molar-refractivity contribution in [2.24, 2.45) is 0 Å². The summed E-state index contributed by atoms with van der Waals surface area (Å²) in [5.74, 6) is -1.76. The van der Waals surface area contributed by atoms with Crippen molar-refractivity contribution >= 4 is 11.8 Å². The van der Waals surface area contributed by atoms with Crippen LogP contribution in [0, 0.1) is 0 Å². The summed E-state index contributed by atoms with van der Waals surface area (Å²) in [6.07, 6.45) is -4.71. The Balaban J connectivity index is 2.04. The Morgan fingerprint density at radius 2 is 2.00 bits per heavy atom. The number of alkyl halides is 3. The number of nitrogens with one attached hydrogen (secondary N) is 1. The van der Waals surface area contributed by atoms with Gasteiger partial charge >= 0.3 is 6.18 Å². The average Bonchev–Trinajstić information content (AvgIpc) is 3.14. The lowest BCUT2D eigenvalue weighted by Gasteiger charge is -2.41. The number of carbonyl (C=O) groups is 2. The maximum absolute atomic E-state index is 13.3. The van der Waals surface area contributed by atoms with E-state index in [1.807, 2.05) is 0 Å². The Labute approximate surface area is 183 Å². The summed E-state index contributed by atoms with van der Waals surface area (Å²) in [4.78, 5) is 26.0. The Hall–Kier alpha value is -2.85. The molecule has 4 unspecified atom stereocenters. The van der Waals surface area contributed by atoms with Gasteiger partial charge in [0, 0.05) is 24.1 Å². The first-order valence-electron chi connectivity index (χ1n) is 10.2. The van der Waals surface area contributed by atoms with E-state index in [2.05, 4.69) is 11.9 Å². The molecule has 2 aliphatic rings. The fourth-order valence-corrected chi connectivity index (χ4v) is 4.11. The largest absolute Gasteiger partial charge is 0.486 e. The van der Waals surface area contributed by atoms with Crippen LogP contribution in [0.15, 0.2) is 48.6 Å². The fourth-order valence-electron chi connectivity index (χ4n) is 4.11. The van der Waals surface area contributed by atoms with E-state index in [1.165, 1.54) is 12.2 Å². The van der Waals surface area contributed by atoms with Gasteiger partial charge in [-0.2, -0.15) is 13.2 Å². The van der Waals surface area contributed by atoms with Crippen molar-refractivity contribution in [2.45, 2.75) is 43.2 Å². The van der Waals surface area contributed by atoms with Crippen molar-refractivity contribution in [3.63, 3.8) is 0 Å². The molecule has 0 saturated heterocycles. The third kappa shape index (κ3) is 4.97. The van der Waals surface area contributed by atoms with E-state index in [4.69, 9.17) is 9.84 Å². The van der Waals surface area contributed by atoms with Gasteiger partial charge in [0.15, 0.2) is 0 Å². The molecule has 174 valence electrons. The van der Waals surface area contributed by atoms with Crippen molar-refractivity contribution in [2.75, 3.05) is 19.7 Å². The first kappa shape index (κ1) is 23.8. The molecular weight excluding hydrogens is 429 g/mol. The predicted molar refractivity (Wildman–Crippen MR) is 109 cm³/mol. The zero-order valence-electron chi connectivity index (χ0n) is 17.2. The summed E-state index contributed by atoms with van der Waals surface area (Å²) in [7, 11) is 0. The van der Waals surface area contributed by atoms with Crippen LogP contribution in [-0.2, 0) is 9.59 Å². The SMILES string of the molecule is C=CCCC(=O)N(CC(F)(F)F)C1C=C(C(=O)NCCO)C2c3ccccc3OC2C1O. The molecule has 0 aromatic heterocycles. The lowest BCUT2D eigenvalue weighted by Crippen LogP contribution is -2.57. The Kier molecular flexibility index (Phi) is 7.25. The maximum Gasteiger partial charge on any atom is 0.406 e. The number of fused-ring (bicyclic) bond motifs is 3. The van der Waals surface area contributed by atoms with E-state index in [9.17, 15) is 27.9 Å². The van der Waals surface area contributed by atoms with Crippen LogP contribution in [0.2, 0.25) is 0 Å². The number of para-hydroxylation sites is 1. The van der Waals surface area contributed by atoms with Gasteiger partial charge in [-0.1, -0.05) is 24.3 Å². The van der Waals surface area contributed by atoms with Crippen molar-refractivity contribution in [1.82, 2.24) is 10.2 Å². The van der Waals surface area contributed by atoms with Crippen molar-refractivity contribution in [3.05, 3.63) is 54.1 Å². The van der Waals surface area contributed by atoms with Crippen molar-refractivity contribution in [1.29, 1.82) is 0 Å². The number of benzene rings is 1. The van der Waals surface area contributed by atoms with Crippen LogP contribution in [-0.4, -0.2) is 71.0 Å². The molecule has 1 aromatic carbocycles. The molecule has 0 bridgehead atoms. The minimum Gasteiger partial charge on any atom is -0.486 e. The van der Waals surface area contributed by atoms with Crippen LogP contribution < -0.4 is 10.1 Å². The summed E-state index contributed by atoms with van der Waals surface area (Å²) >= 11 is 0. The van der Waals surface area contributed by atoms with E-state index in [1.54, 1.807) is 24.3 Å². The van der Waals surface area contributed by atoms with Crippen LogP contribution in [0.4, 0.5) is 13.2 Å². The average molecular weight is 454 g/mol. The van der Waals surface area contributed by atoms with Gasteiger partial charge in [0.05, 0.1) is 18.6 Å². The summed E-state index contributed by atoms with van der Waals surface area (Å²) in [5.41, 5.74) is 0.688. The van der Waals surface area contributed by atoms with E-state index in [-0.39, 0.29) is 31.6 Å². The molecule has 4 atom stereocenters.